The molecule has 0 spiro atoms. The topological polar surface area (TPSA) is 30.3 Å². The molecule has 0 N–H and O–H groups in total. The normalized spacial score (nSPS) is 13.0. The number of hydrogen-bond acceptors (Lipinski definition) is 3. The SMILES string of the molecule is CN(C)C[C@@H](c1ccc(Cl)c(Cl)c1)n1cnc(-c2ccc(OC(F)(F)F)cc2)c1. The first kappa shape index (κ1) is 21.5. The van der Waals surface area contributed by atoms with Crippen LogP contribution in [-0.4, -0.2) is 41.5 Å². The predicted octanol–water partition coefficient (Wildman–Crippen LogP) is 5.91. The van der Waals surface area contributed by atoms with Crippen LogP contribution in [-0.2, 0) is 0 Å². The van der Waals surface area contributed by atoms with Crippen LogP contribution in [0.25, 0.3) is 11.3 Å². The van der Waals surface area contributed by atoms with Gasteiger partial charge in [-0.05, 0) is 56.1 Å². The van der Waals surface area contributed by atoms with Crippen molar-refractivity contribution in [1.82, 2.24) is 14.5 Å². The number of aromatic nitrogens is 2. The lowest BCUT2D eigenvalue weighted by molar-refractivity contribution is -0.274. The summed E-state index contributed by atoms with van der Waals surface area (Å²) in [5.74, 6) is -0.276. The van der Waals surface area contributed by atoms with Crippen LogP contribution in [0.5, 0.6) is 5.75 Å². The average molecular weight is 444 g/mol. The first-order valence-corrected chi connectivity index (χ1v) is 9.37. The fraction of sp³-hybridized carbons (Fsp3) is 0.250. The number of benzene rings is 2. The van der Waals surface area contributed by atoms with E-state index in [2.05, 4.69) is 9.72 Å². The second kappa shape index (κ2) is 8.65. The average Bonchev–Trinajstić information content (AvgIpc) is 3.11. The van der Waals surface area contributed by atoms with Crippen LogP contribution in [0.2, 0.25) is 10.0 Å². The molecule has 1 aromatic heterocycles. The number of likely N-dealkylation sites (N-methyl/N-ethyl adjacent to an activating group) is 1. The van der Waals surface area contributed by atoms with Crippen molar-refractivity contribution in [2.75, 3.05) is 20.6 Å². The van der Waals surface area contributed by atoms with E-state index in [1.807, 2.05) is 41.9 Å². The molecule has 154 valence electrons. The first-order valence-electron chi connectivity index (χ1n) is 8.62. The summed E-state index contributed by atoms with van der Waals surface area (Å²) in [6, 6.07) is 11.0. The third-order valence-corrected chi connectivity index (χ3v) is 4.95. The minimum absolute atomic E-state index is 0.0751. The van der Waals surface area contributed by atoms with Gasteiger partial charge in [-0.3, -0.25) is 0 Å². The van der Waals surface area contributed by atoms with E-state index in [1.165, 1.54) is 24.3 Å². The molecule has 0 aliphatic heterocycles. The highest BCUT2D eigenvalue weighted by molar-refractivity contribution is 6.42. The Balaban J connectivity index is 1.88. The minimum Gasteiger partial charge on any atom is -0.406 e. The van der Waals surface area contributed by atoms with Gasteiger partial charge < -0.3 is 14.2 Å². The van der Waals surface area contributed by atoms with Crippen molar-refractivity contribution >= 4 is 23.2 Å². The van der Waals surface area contributed by atoms with Crippen molar-refractivity contribution < 1.29 is 17.9 Å². The third-order valence-electron chi connectivity index (χ3n) is 4.21. The molecular formula is C20H18Cl2F3N3O. The molecule has 1 heterocycles. The highest BCUT2D eigenvalue weighted by atomic mass is 35.5. The summed E-state index contributed by atoms with van der Waals surface area (Å²) in [5.41, 5.74) is 2.27. The number of rotatable bonds is 6. The number of alkyl halides is 3. The van der Waals surface area contributed by atoms with Crippen molar-refractivity contribution in [1.29, 1.82) is 0 Å². The summed E-state index contributed by atoms with van der Waals surface area (Å²) in [7, 11) is 3.92. The molecule has 29 heavy (non-hydrogen) atoms. The van der Waals surface area contributed by atoms with E-state index in [0.717, 1.165) is 5.56 Å². The van der Waals surface area contributed by atoms with Crippen LogP contribution < -0.4 is 4.74 Å². The van der Waals surface area contributed by atoms with Crippen LogP contribution in [0.4, 0.5) is 13.2 Å². The smallest absolute Gasteiger partial charge is 0.406 e. The number of halogens is 5. The fourth-order valence-electron chi connectivity index (χ4n) is 2.92. The van der Waals surface area contributed by atoms with Crippen LogP contribution in [0.3, 0.4) is 0 Å². The van der Waals surface area contributed by atoms with E-state index >= 15 is 0 Å². The first-order chi connectivity index (χ1) is 13.6. The van der Waals surface area contributed by atoms with Crippen molar-refractivity contribution in [3.63, 3.8) is 0 Å². The van der Waals surface area contributed by atoms with E-state index in [0.29, 0.717) is 27.8 Å². The molecule has 0 fully saturated rings. The Hall–Kier alpha value is -2.22. The summed E-state index contributed by atoms with van der Waals surface area (Å²) in [6.07, 6.45) is -1.19. The van der Waals surface area contributed by atoms with Crippen LogP contribution >= 0.6 is 23.2 Å². The van der Waals surface area contributed by atoms with Gasteiger partial charge in [0.2, 0.25) is 0 Å². The molecule has 0 aliphatic rings. The summed E-state index contributed by atoms with van der Waals surface area (Å²) in [4.78, 5) is 6.44. The maximum Gasteiger partial charge on any atom is 0.573 e. The molecule has 0 unspecified atom stereocenters. The fourth-order valence-corrected chi connectivity index (χ4v) is 3.23. The zero-order chi connectivity index (χ0) is 21.2. The Morgan fingerprint density at radius 1 is 1.07 bits per heavy atom. The Kier molecular flexibility index (Phi) is 6.41. The molecule has 9 heteroatoms. The van der Waals surface area contributed by atoms with Crippen LogP contribution in [0.15, 0.2) is 55.0 Å². The maximum absolute atomic E-state index is 12.3. The molecule has 3 aromatic rings. The summed E-state index contributed by atoms with van der Waals surface area (Å²) < 4.78 is 42.8. The molecule has 1 atom stereocenters. The second-order valence-electron chi connectivity index (χ2n) is 6.73. The highest BCUT2D eigenvalue weighted by Crippen LogP contribution is 2.30. The highest BCUT2D eigenvalue weighted by Gasteiger charge is 2.31. The third kappa shape index (κ3) is 5.65. The predicted molar refractivity (Wildman–Crippen MR) is 108 cm³/mol. The van der Waals surface area contributed by atoms with Crippen molar-refractivity contribution in [3.05, 3.63) is 70.6 Å². The van der Waals surface area contributed by atoms with Gasteiger partial charge in [0.1, 0.15) is 5.75 Å². The molecule has 0 radical (unpaired) electrons. The molecule has 0 saturated heterocycles. The van der Waals surface area contributed by atoms with Gasteiger partial charge in [0, 0.05) is 18.3 Å². The standard InChI is InChI=1S/C20H18Cl2F3N3O/c1-27(2)11-19(14-5-8-16(21)17(22)9-14)28-10-18(26-12-28)13-3-6-15(7-4-13)29-20(23,24)25/h3-10,12,19H,11H2,1-2H3/t19-/m0/s1. The molecule has 2 aromatic carbocycles. The Bertz CT molecular complexity index is 972. The molecule has 0 bridgehead atoms. The van der Waals surface area contributed by atoms with Crippen LogP contribution in [0.1, 0.15) is 11.6 Å². The number of imidazole rings is 1. The lowest BCUT2D eigenvalue weighted by Crippen LogP contribution is -2.24. The van der Waals surface area contributed by atoms with Gasteiger partial charge in [-0.15, -0.1) is 13.2 Å². The van der Waals surface area contributed by atoms with Crippen molar-refractivity contribution in [2.24, 2.45) is 0 Å². The Morgan fingerprint density at radius 3 is 2.34 bits per heavy atom. The zero-order valence-corrected chi connectivity index (χ0v) is 17.1. The minimum atomic E-state index is -4.72. The lowest BCUT2D eigenvalue weighted by atomic mass is 10.1. The second-order valence-corrected chi connectivity index (χ2v) is 7.54. The monoisotopic (exact) mass is 443 g/mol. The van der Waals surface area contributed by atoms with Crippen molar-refractivity contribution in [3.8, 4) is 17.0 Å². The number of ether oxygens (including phenoxy) is 1. The van der Waals surface area contributed by atoms with Gasteiger partial charge in [0.25, 0.3) is 0 Å². The molecule has 4 nitrogen and oxygen atoms in total. The molecular weight excluding hydrogens is 426 g/mol. The van der Waals surface area contributed by atoms with Gasteiger partial charge in [-0.25, -0.2) is 4.98 Å². The number of nitrogens with zero attached hydrogens (tertiary/aromatic N) is 3. The molecule has 0 amide bonds. The van der Waals surface area contributed by atoms with E-state index in [1.54, 1.807) is 12.4 Å². The quantitative estimate of drug-likeness (QED) is 0.474. The lowest BCUT2D eigenvalue weighted by Gasteiger charge is -2.23. The van der Waals surface area contributed by atoms with E-state index < -0.39 is 6.36 Å². The molecule has 0 aliphatic carbocycles. The Morgan fingerprint density at radius 2 is 1.76 bits per heavy atom. The van der Waals surface area contributed by atoms with Gasteiger partial charge in [-0.2, -0.15) is 0 Å². The van der Waals surface area contributed by atoms with E-state index in [9.17, 15) is 13.2 Å². The zero-order valence-electron chi connectivity index (χ0n) is 15.6. The van der Waals surface area contributed by atoms with Gasteiger partial charge in [-0.1, -0.05) is 29.3 Å². The van der Waals surface area contributed by atoms with E-state index in [-0.39, 0.29) is 11.8 Å². The summed E-state index contributed by atoms with van der Waals surface area (Å²) in [5, 5.41) is 0.944. The Labute approximate surface area is 176 Å². The van der Waals surface area contributed by atoms with Gasteiger partial charge >= 0.3 is 6.36 Å². The summed E-state index contributed by atoms with van der Waals surface area (Å²) in [6.45, 7) is 0.687. The maximum atomic E-state index is 12.3. The van der Waals surface area contributed by atoms with E-state index in [4.69, 9.17) is 23.2 Å². The van der Waals surface area contributed by atoms with Gasteiger partial charge in [0.15, 0.2) is 0 Å². The van der Waals surface area contributed by atoms with Crippen LogP contribution in [0, 0.1) is 0 Å². The molecule has 0 saturated carbocycles. The van der Waals surface area contributed by atoms with Gasteiger partial charge in [0.05, 0.1) is 28.1 Å². The molecule has 3 rings (SSSR count). The largest absolute Gasteiger partial charge is 0.573 e. The van der Waals surface area contributed by atoms with Crippen molar-refractivity contribution in [2.45, 2.75) is 12.4 Å². The number of hydrogen-bond donors (Lipinski definition) is 0. The summed E-state index contributed by atoms with van der Waals surface area (Å²) >= 11 is 12.2.